The molecule has 1 heterocycles. The third-order valence-corrected chi connectivity index (χ3v) is 8.94. The lowest BCUT2D eigenvalue weighted by Gasteiger charge is -2.22. The Balaban J connectivity index is 2.02. The van der Waals surface area contributed by atoms with Crippen molar-refractivity contribution in [2.45, 2.75) is 24.1 Å². The van der Waals surface area contributed by atoms with Gasteiger partial charge in [0.1, 0.15) is 16.8 Å². The summed E-state index contributed by atoms with van der Waals surface area (Å²) in [5.74, 6) is -2.82. The molecule has 2 unspecified atom stereocenters. The van der Waals surface area contributed by atoms with E-state index in [1.165, 1.54) is 6.07 Å². The number of alkyl halides is 3. The number of fused-ring (bicyclic) bond motifs is 1. The molecule has 0 amide bonds. The monoisotopic (exact) mass is 555 g/mol. The number of benzene rings is 2. The Bertz CT molecular complexity index is 1390. The molecular formula is C20H21F4N3O5S3. The number of primary sulfonamides is 1. The maximum atomic E-state index is 14.8. The maximum Gasteiger partial charge on any atom is 0.390 e. The van der Waals surface area contributed by atoms with E-state index in [2.05, 4.69) is 10.3 Å². The van der Waals surface area contributed by atoms with Crippen LogP contribution in [0.4, 0.5) is 17.6 Å². The molecule has 0 spiro atoms. The first-order valence-electron chi connectivity index (χ1n) is 10.0. The van der Waals surface area contributed by atoms with Crippen molar-refractivity contribution >= 4 is 41.4 Å². The Labute approximate surface area is 202 Å². The van der Waals surface area contributed by atoms with E-state index in [1.54, 1.807) is 36.4 Å². The lowest BCUT2D eigenvalue weighted by atomic mass is 10.1. The number of sulfonamides is 1. The molecule has 15 heteroatoms. The second-order valence-electron chi connectivity index (χ2n) is 7.64. The smallest absolute Gasteiger partial charge is 0.377 e. The highest BCUT2D eigenvalue weighted by atomic mass is 32.2. The van der Waals surface area contributed by atoms with Crippen LogP contribution in [0.15, 0.2) is 42.5 Å². The Morgan fingerprint density at radius 3 is 2.31 bits per heavy atom. The van der Waals surface area contributed by atoms with Crippen LogP contribution in [-0.4, -0.2) is 57.4 Å². The predicted molar refractivity (Wildman–Crippen MR) is 124 cm³/mol. The van der Waals surface area contributed by atoms with Crippen molar-refractivity contribution < 1.29 is 39.5 Å². The van der Waals surface area contributed by atoms with E-state index in [4.69, 9.17) is 5.14 Å². The fraction of sp³-hybridized carbons (Fsp3) is 0.350. The number of halogens is 4. The summed E-state index contributed by atoms with van der Waals surface area (Å²) < 4.78 is 101. The topological polar surface area (TPSA) is 139 Å². The van der Waals surface area contributed by atoms with E-state index in [1.807, 2.05) is 0 Å². The molecule has 192 valence electrons. The lowest BCUT2D eigenvalue weighted by Crippen LogP contribution is -2.42. The van der Waals surface area contributed by atoms with Gasteiger partial charge in [-0.15, -0.1) is 11.3 Å². The van der Waals surface area contributed by atoms with Crippen LogP contribution in [0.2, 0.25) is 0 Å². The zero-order chi connectivity index (χ0) is 26.0. The average molecular weight is 556 g/mol. The molecule has 0 aliphatic carbocycles. The van der Waals surface area contributed by atoms with E-state index in [0.717, 1.165) is 0 Å². The molecule has 0 aliphatic heterocycles. The van der Waals surface area contributed by atoms with Crippen LogP contribution in [0.25, 0.3) is 21.3 Å². The number of rotatable bonds is 10. The summed E-state index contributed by atoms with van der Waals surface area (Å²) in [4.78, 5) is 3.98. The van der Waals surface area contributed by atoms with Crippen molar-refractivity contribution in [3.63, 3.8) is 0 Å². The van der Waals surface area contributed by atoms with Crippen molar-refractivity contribution in [2.24, 2.45) is 5.14 Å². The molecule has 8 nitrogen and oxygen atoms in total. The Kier molecular flexibility index (Phi) is 8.18. The first-order valence-corrected chi connectivity index (χ1v) is 14.3. The fourth-order valence-electron chi connectivity index (χ4n) is 3.25. The second-order valence-corrected chi connectivity index (χ2v) is 12.7. The molecule has 2 atom stereocenters. The third-order valence-electron chi connectivity index (χ3n) is 4.90. The summed E-state index contributed by atoms with van der Waals surface area (Å²) in [6, 6.07) is 11.4. The molecule has 0 saturated carbocycles. The normalized spacial score (nSPS) is 14.8. The van der Waals surface area contributed by atoms with Crippen LogP contribution >= 0.6 is 11.3 Å². The minimum atomic E-state index is -4.78. The molecule has 2 aromatic carbocycles. The van der Waals surface area contributed by atoms with E-state index in [-0.39, 0.29) is 15.2 Å². The number of nitrogens with zero attached hydrogens (tertiary/aromatic N) is 1. The van der Waals surface area contributed by atoms with Gasteiger partial charge >= 0.3 is 6.18 Å². The van der Waals surface area contributed by atoms with Crippen LogP contribution in [0.3, 0.4) is 0 Å². The molecule has 4 N–H and O–H groups in total. The molecule has 35 heavy (non-hydrogen) atoms. The minimum Gasteiger partial charge on any atom is -0.377 e. The third kappa shape index (κ3) is 7.41. The SMILES string of the molecule is NS(=O)(=O)CCNC(O)C(c1nc2c(F)cc(-c3ccccc3)cc2s1)S(=O)(=O)CCC(F)(F)F. The first kappa shape index (κ1) is 27.4. The average Bonchev–Trinajstić information content (AvgIpc) is 3.15. The number of aromatic nitrogens is 1. The molecule has 0 radical (unpaired) electrons. The van der Waals surface area contributed by atoms with Gasteiger partial charge in [-0.25, -0.2) is 31.3 Å². The number of aliphatic hydroxyl groups is 1. The predicted octanol–water partition coefficient (Wildman–Crippen LogP) is 2.71. The van der Waals surface area contributed by atoms with Gasteiger partial charge in [0.2, 0.25) is 10.0 Å². The number of nitrogens with one attached hydrogen (secondary N) is 1. The molecule has 3 rings (SSSR count). The zero-order valence-electron chi connectivity index (χ0n) is 17.9. The highest BCUT2D eigenvalue weighted by Gasteiger charge is 2.40. The van der Waals surface area contributed by atoms with Gasteiger partial charge in [-0.1, -0.05) is 30.3 Å². The number of hydrogen-bond acceptors (Lipinski definition) is 8. The Hall–Kier alpha value is -2.17. The van der Waals surface area contributed by atoms with E-state index in [9.17, 15) is 39.5 Å². The maximum absolute atomic E-state index is 14.8. The van der Waals surface area contributed by atoms with Gasteiger partial charge in [-0.3, -0.25) is 5.32 Å². The van der Waals surface area contributed by atoms with Crippen LogP contribution in [0.1, 0.15) is 16.7 Å². The standard InChI is InChI=1S/C20H21F4N3O5S3/c21-14-10-13(12-4-2-1-3-5-12)11-15-16(14)27-19(33-15)17(18(28)26-7-9-35(25,31)32)34(29,30)8-6-20(22,23)24/h1-5,10-11,17-18,26,28H,6-9H2,(H2,25,31,32). The molecule has 0 saturated heterocycles. The number of thiazole rings is 1. The van der Waals surface area contributed by atoms with E-state index >= 15 is 0 Å². The van der Waals surface area contributed by atoms with Crippen molar-refractivity contribution in [1.82, 2.24) is 10.3 Å². The molecule has 0 bridgehead atoms. The van der Waals surface area contributed by atoms with Gasteiger partial charge in [-0.05, 0) is 23.3 Å². The second kappa shape index (κ2) is 10.4. The Morgan fingerprint density at radius 2 is 1.71 bits per heavy atom. The van der Waals surface area contributed by atoms with Crippen LogP contribution < -0.4 is 10.5 Å². The van der Waals surface area contributed by atoms with Crippen LogP contribution in [0, 0.1) is 5.82 Å². The van der Waals surface area contributed by atoms with Gasteiger partial charge < -0.3 is 5.11 Å². The summed E-state index contributed by atoms with van der Waals surface area (Å²) >= 11 is 0.701. The number of sulfone groups is 1. The summed E-state index contributed by atoms with van der Waals surface area (Å²) in [6.45, 7) is -0.483. The van der Waals surface area contributed by atoms with Crippen molar-refractivity contribution in [3.05, 3.63) is 53.3 Å². The number of nitrogens with two attached hydrogens (primary N) is 1. The molecule has 1 aromatic heterocycles. The van der Waals surface area contributed by atoms with Crippen LogP contribution in [0.5, 0.6) is 0 Å². The summed E-state index contributed by atoms with van der Waals surface area (Å²) in [6.07, 6.45) is -8.49. The highest BCUT2D eigenvalue weighted by Crippen LogP contribution is 2.37. The molecule has 0 aliphatic rings. The van der Waals surface area contributed by atoms with Gasteiger partial charge in [0.25, 0.3) is 0 Å². The van der Waals surface area contributed by atoms with Gasteiger partial charge in [0, 0.05) is 6.54 Å². The summed E-state index contributed by atoms with van der Waals surface area (Å²) in [5, 5.41) is 15.3. The van der Waals surface area contributed by atoms with Gasteiger partial charge in [0.15, 0.2) is 20.9 Å². The Morgan fingerprint density at radius 1 is 1.06 bits per heavy atom. The van der Waals surface area contributed by atoms with Crippen LogP contribution in [-0.2, 0) is 19.9 Å². The zero-order valence-corrected chi connectivity index (χ0v) is 20.3. The molecule has 3 aromatic rings. The minimum absolute atomic E-state index is 0.211. The summed E-state index contributed by atoms with van der Waals surface area (Å²) in [5.41, 5.74) is 0.925. The van der Waals surface area contributed by atoms with Crippen molar-refractivity contribution in [2.75, 3.05) is 18.1 Å². The quantitative estimate of drug-likeness (QED) is 0.258. The number of aliphatic hydroxyl groups excluding tert-OH is 1. The lowest BCUT2D eigenvalue weighted by molar-refractivity contribution is -0.130. The number of hydrogen-bond donors (Lipinski definition) is 3. The van der Waals surface area contributed by atoms with Gasteiger partial charge in [-0.2, -0.15) is 13.2 Å². The fourth-order valence-corrected chi connectivity index (χ4v) is 6.89. The largest absolute Gasteiger partial charge is 0.390 e. The highest BCUT2D eigenvalue weighted by molar-refractivity contribution is 7.91. The van der Waals surface area contributed by atoms with Crippen molar-refractivity contribution in [1.29, 1.82) is 0 Å². The van der Waals surface area contributed by atoms with E-state index < -0.39 is 67.8 Å². The summed E-state index contributed by atoms with van der Waals surface area (Å²) in [7, 11) is -8.65. The molecule has 0 fully saturated rings. The van der Waals surface area contributed by atoms with Crippen molar-refractivity contribution in [3.8, 4) is 11.1 Å². The van der Waals surface area contributed by atoms with Gasteiger partial charge in [0.05, 0.1) is 22.6 Å². The first-order chi connectivity index (χ1) is 16.2. The van der Waals surface area contributed by atoms with E-state index in [0.29, 0.717) is 22.5 Å². The molecular weight excluding hydrogens is 534 g/mol.